The van der Waals surface area contributed by atoms with Crippen LogP contribution in [0.4, 0.5) is 0 Å². The SMILES string of the molecule is CCC1CCCC(C(Cc2ncnn2CC)NC)C1. The van der Waals surface area contributed by atoms with Gasteiger partial charge in [0.25, 0.3) is 0 Å². The summed E-state index contributed by atoms with van der Waals surface area (Å²) in [5.41, 5.74) is 0. The molecule has 4 nitrogen and oxygen atoms in total. The predicted octanol–water partition coefficient (Wildman–Crippen LogP) is 2.64. The second-order valence-electron chi connectivity index (χ2n) is 5.79. The normalized spacial score (nSPS) is 25.4. The fraction of sp³-hybridized carbons (Fsp3) is 0.867. The summed E-state index contributed by atoms with van der Waals surface area (Å²) in [4.78, 5) is 4.42. The maximum atomic E-state index is 4.42. The number of aromatic nitrogens is 3. The highest BCUT2D eigenvalue weighted by atomic mass is 15.3. The maximum absolute atomic E-state index is 4.42. The molecule has 1 aliphatic rings. The van der Waals surface area contributed by atoms with Gasteiger partial charge in [0, 0.05) is 19.0 Å². The van der Waals surface area contributed by atoms with Gasteiger partial charge in [0.1, 0.15) is 12.2 Å². The van der Waals surface area contributed by atoms with E-state index in [-0.39, 0.29) is 0 Å². The van der Waals surface area contributed by atoms with Gasteiger partial charge in [0.15, 0.2) is 0 Å². The molecule has 1 aliphatic carbocycles. The molecule has 4 heteroatoms. The molecule has 1 N–H and O–H groups in total. The highest BCUT2D eigenvalue weighted by Crippen LogP contribution is 2.33. The molecule has 108 valence electrons. The summed E-state index contributed by atoms with van der Waals surface area (Å²) >= 11 is 0. The van der Waals surface area contributed by atoms with Gasteiger partial charge in [-0.05, 0) is 38.6 Å². The molecule has 0 aromatic carbocycles. The molecule has 1 heterocycles. The van der Waals surface area contributed by atoms with E-state index in [1.165, 1.54) is 32.1 Å². The van der Waals surface area contributed by atoms with Crippen molar-refractivity contribution < 1.29 is 0 Å². The van der Waals surface area contributed by atoms with Crippen molar-refractivity contribution in [2.75, 3.05) is 7.05 Å². The Bertz CT molecular complexity index is 374. The average molecular weight is 264 g/mol. The van der Waals surface area contributed by atoms with Gasteiger partial charge in [-0.25, -0.2) is 4.98 Å². The highest BCUT2D eigenvalue weighted by Gasteiger charge is 2.27. The van der Waals surface area contributed by atoms with Crippen LogP contribution < -0.4 is 5.32 Å². The minimum atomic E-state index is 0.545. The van der Waals surface area contributed by atoms with E-state index in [1.807, 2.05) is 4.68 Å². The summed E-state index contributed by atoms with van der Waals surface area (Å²) in [5.74, 6) is 2.85. The first-order valence-electron chi connectivity index (χ1n) is 7.82. The second-order valence-corrected chi connectivity index (χ2v) is 5.79. The topological polar surface area (TPSA) is 42.7 Å². The number of likely N-dealkylation sites (N-methyl/N-ethyl adjacent to an activating group) is 1. The van der Waals surface area contributed by atoms with Gasteiger partial charge in [-0.15, -0.1) is 0 Å². The lowest BCUT2D eigenvalue weighted by molar-refractivity contribution is 0.210. The van der Waals surface area contributed by atoms with E-state index in [0.29, 0.717) is 6.04 Å². The number of hydrogen-bond acceptors (Lipinski definition) is 3. The Morgan fingerprint density at radius 3 is 2.95 bits per heavy atom. The smallest absolute Gasteiger partial charge is 0.138 e. The summed E-state index contributed by atoms with van der Waals surface area (Å²) in [6.07, 6.45) is 9.58. The van der Waals surface area contributed by atoms with Gasteiger partial charge < -0.3 is 5.32 Å². The Hall–Kier alpha value is -0.900. The van der Waals surface area contributed by atoms with E-state index in [2.05, 4.69) is 36.3 Å². The minimum absolute atomic E-state index is 0.545. The molecule has 3 atom stereocenters. The van der Waals surface area contributed by atoms with Crippen molar-refractivity contribution in [3.05, 3.63) is 12.2 Å². The first-order valence-corrected chi connectivity index (χ1v) is 7.82. The van der Waals surface area contributed by atoms with Crippen LogP contribution in [-0.4, -0.2) is 27.9 Å². The molecule has 0 spiro atoms. The monoisotopic (exact) mass is 264 g/mol. The van der Waals surface area contributed by atoms with E-state index >= 15 is 0 Å². The van der Waals surface area contributed by atoms with E-state index in [9.17, 15) is 0 Å². The summed E-state index contributed by atoms with van der Waals surface area (Å²) in [5, 5.41) is 7.80. The van der Waals surface area contributed by atoms with Gasteiger partial charge in [-0.2, -0.15) is 5.10 Å². The van der Waals surface area contributed by atoms with Crippen molar-refractivity contribution in [1.29, 1.82) is 0 Å². The third-order valence-electron chi connectivity index (χ3n) is 4.74. The van der Waals surface area contributed by atoms with Gasteiger partial charge in [0.05, 0.1) is 0 Å². The largest absolute Gasteiger partial charge is 0.316 e. The van der Waals surface area contributed by atoms with Gasteiger partial charge in [0.2, 0.25) is 0 Å². The molecular formula is C15H28N4. The number of hydrogen-bond donors (Lipinski definition) is 1. The summed E-state index contributed by atoms with van der Waals surface area (Å²) in [6, 6.07) is 0.545. The summed E-state index contributed by atoms with van der Waals surface area (Å²) in [6.45, 7) is 5.36. The van der Waals surface area contributed by atoms with Crippen molar-refractivity contribution in [2.24, 2.45) is 11.8 Å². The van der Waals surface area contributed by atoms with Gasteiger partial charge in [-0.1, -0.05) is 26.2 Å². The Kier molecular flexibility index (Phi) is 5.37. The molecule has 1 aromatic heterocycles. The maximum Gasteiger partial charge on any atom is 0.138 e. The molecular weight excluding hydrogens is 236 g/mol. The zero-order valence-electron chi connectivity index (χ0n) is 12.6. The molecule has 0 amide bonds. The van der Waals surface area contributed by atoms with Crippen LogP contribution in [0.3, 0.4) is 0 Å². The van der Waals surface area contributed by atoms with E-state index in [0.717, 1.165) is 30.6 Å². The van der Waals surface area contributed by atoms with Gasteiger partial charge >= 0.3 is 0 Å². The van der Waals surface area contributed by atoms with Crippen LogP contribution in [0.1, 0.15) is 51.8 Å². The lowest BCUT2D eigenvalue weighted by atomic mass is 9.76. The Morgan fingerprint density at radius 1 is 1.42 bits per heavy atom. The quantitative estimate of drug-likeness (QED) is 0.859. The van der Waals surface area contributed by atoms with Crippen LogP contribution in [-0.2, 0) is 13.0 Å². The fourth-order valence-corrected chi connectivity index (χ4v) is 3.48. The minimum Gasteiger partial charge on any atom is -0.316 e. The molecule has 1 aromatic rings. The zero-order chi connectivity index (χ0) is 13.7. The van der Waals surface area contributed by atoms with E-state index in [1.54, 1.807) is 6.33 Å². The Balaban J connectivity index is 1.99. The number of aryl methyl sites for hydroxylation is 1. The molecule has 1 fully saturated rings. The molecule has 0 saturated heterocycles. The van der Waals surface area contributed by atoms with Crippen molar-refractivity contribution in [3.8, 4) is 0 Å². The van der Waals surface area contributed by atoms with Gasteiger partial charge in [-0.3, -0.25) is 4.68 Å². The lowest BCUT2D eigenvalue weighted by Gasteiger charge is -2.34. The first kappa shape index (κ1) is 14.5. The van der Waals surface area contributed by atoms with Crippen LogP contribution in [0.2, 0.25) is 0 Å². The highest BCUT2D eigenvalue weighted by molar-refractivity contribution is 4.93. The number of rotatable bonds is 6. The predicted molar refractivity (Wildman–Crippen MR) is 78.0 cm³/mol. The molecule has 0 aliphatic heterocycles. The third-order valence-corrected chi connectivity index (χ3v) is 4.74. The van der Waals surface area contributed by atoms with Crippen molar-refractivity contribution >= 4 is 0 Å². The molecule has 1 saturated carbocycles. The number of nitrogens with one attached hydrogen (secondary N) is 1. The van der Waals surface area contributed by atoms with E-state index in [4.69, 9.17) is 0 Å². The Labute approximate surface area is 117 Å². The van der Waals surface area contributed by atoms with Crippen molar-refractivity contribution in [1.82, 2.24) is 20.1 Å². The molecule has 0 bridgehead atoms. The standard InChI is InChI=1S/C15H28N4/c1-4-12-7-6-8-13(9-12)14(16-3)10-15-17-11-18-19(15)5-2/h11-14,16H,4-10H2,1-3H3. The third kappa shape index (κ3) is 3.56. The summed E-state index contributed by atoms with van der Waals surface area (Å²) < 4.78 is 2.02. The molecule has 3 unspecified atom stereocenters. The molecule has 19 heavy (non-hydrogen) atoms. The summed E-state index contributed by atoms with van der Waals surface area (Å²) in [7, 11) is 2.09. The van der Waals surface area contributed by atoms with Crippen molar-refractivity contribution in [3.63, 3.8) is 0 Å². The van der Waals surface area contributed by atoms with Crippen LogP contribution >= 0.6 is 0 Å². The number of nitrogens with zero attached hydrogens (tertiary/aromatic N) is 3. The van der Waals surface area contributed by atoms with Crippen LogP contribution in [0.15, 0.2) is 6.33 Å². The lowest BCUT2D eigenvalue weighted by Crippen LogP contribution is -2.39. The molecule has 0 radical (unpaired) electrons. The van der Waals surface area contributed by atoms with Crippen LogP contribution in [0, 0.1) is 11.8 Å². The average Bonchev–Trinajstić information content (AvgIpc) is 2.92. The van der Waals surface area contributed by atoms with Crippen molar-refractivity contribution in [2.45, 2.75) is 65.0 Å². The molecule has 2 rings (SSSR count). The zero-order valence-corrected chi connectivity index (χ0v) is 12.6. The fourth-order valence-electron chi connectivity index (χ4n) is 3.48. The van der Waals surface area contributed by atoms with E-state index < -0.39 is 0 Å². The first-order chi connectivity index (χ1) is 9.28. The van der Waals surface area contributed by atoms with Crippen LogP contribution in [0.5, 0.6) is 0 Å². The Morgan fingerprint density at radius 2 is 2.26 bits per heavy atom. The van der Waals surface area contributed by atoms with Crippen LogP contribution in [0.25, 0.3) is 0 Å². The second kappa shape index (κ2) is 7.04.